The summed E-state index contributed by atoms with van der Waals surface area (Å²) in [5.74, 6) is 0.465. The van der Waals surface area contributed by atoms with Crippen molar-refractivity contribution in [1.29, 1.82) is 0 Å². The number of rotatable bonds is 4. The van der Waals surface area contributed by atoms with Crippen LogP contribution in [0.15, 0.2) is 41.1 Å². The Bertz CT molecular complexity index is 698. The van der Waals surface area contributed by atoms with Gasteiger partial charge in [0.1, 0.15) is 0 Å². The van der Waals surface area contributed by atoms with Crippen molar-refractivity contribution in [2.45, 2.75) is 6.92 Å². The van der Waals surface area contributed by atoms with Gasteiger partial charge in [-0.05, 0) is 34.6 Å². The van der Waals surface area contributed by atoms with Crippen LogP contribution >= 0.6 is 15.9 Å². The van der Waals surface area contributed by atoms with Crippen molar-refractivity contribution in [3.63, 3.8) is 0 Å². The van der Waals surface area contributed by atoms with Gasteiger partial charge in [-0.3, -0.25) is 4.79 Å². The van der Waals surface area contributed by atoms with E-state index in [1.807, 2.05) is 29.2 Å². The number of aromatic nitrogens is 2. The highest BCUT2D eigenvalue weighted by Gasteiger charge is 2.21. The van der Waals surface area contributed by atoms with E-state index < -0.39 is 0 Å². The summed E-state index contributed by atoms with van der Waals surface area (Å²) in [6.07, 6.45) is 3.17. The highest BCUT2D eigenvalue weighted by molar-refractivity contribution is 9.10. The largest absolute Gasteiger partial charge is 0.336 e. The minimum atomic E-state index is -0.00167. The van der Waals surface area contributed by atoms with E-state index in [1.165, 1.54) is 0 Å². The molecule has 1 aromatic heterocycles. The van der Waals surface area contributed by atoms with E-state index in [0.29, 0.717) is 11.5 Å². The molecule has 1 aliphatic heterocycles. The number of halogens is 1. The second kappa shape index (κ2) is 7.72. The van der Waals surface area contributed by atoms with E-state index in [4.69, 9.17) is 0 Å². The molecule has 1 saturated heterocycles. The molecule has 0 radical (unpaired) electrons. The van der Waals surface area contributed by atoms with E-state index in [-0.39, 0.29) is 5.91 Å². The maximum Gasteiger partial charge on any atom is 0.257 e. The Hall–Kier alpha value is -1.99. The van der Waals surface area contributed by atoms with Crippen LogP contribution in [0.3, 0.4) is 0 Å². The molecule has 1 aliphatic rings. The van der Waals surface area contributed by atoms with Gasteiger partial charge in [-0.25, -0.2) is 9.97 Å². The van der Waals surface area contributed by atoms with Gasteiger partial charge in [0.25, 0.3) is 5.91 Å². The fraction of sp³-hybridized carbons (Fsp3) is 0.353. The van der Waals surface area contributed by atoms with Crippen molar-refractivity contribution in [1.82, 2.24) is 19.8 Å². The first-order valence-corrected chi connectivity index (χ1v) is 8.82. The maximum atomic E-state index is 12.5. The fourth-order valence-electron chi connectivity index (χ4n) is 2.64. The van der Waals surface area contributed by atoms with Crippen LogP contribution in [0, 0.1) is 0 Å². The molecular formula is C17H20BrN5O. The molecule has 1 amide bonds. The van der Waals surface area contributed by atoms with Gasteiger partial charge >= 0.3 is 0 Å². The first kappa shape index (κ1) is 16.9. The number of likely N-dealkylation sites (N-methyl/N-ethyl adjacent to an activating group) is 1. The van der Waals surface area contributed by atoms with E-state index >= 15 is 0 Å². The molecular weight excluding hydrogens is 370 g/mol. The summed E-state index contributed by atoms with van der Waals surface area (Å²) in [7, 11) is 0. The van der Waals surface area contributed by atoms with Gasteiger partial charge in [-0.2, -0.15) is 0 Å². The Kier molecular flexibility index (Phi) is 5.42. The lowest BCUT2D eigenvalue weighted by Crippen LogP contribution is -2.48. The average Bonchev–Trinajstić information content (AvgIpc) is 2.64. The lowest BCUT2D eigenvalue weighted by molar-refractivity contribution is 0.0642. The monoisotopic (exact) mass is 389 g/mol. The molecule has 3 rings (SSSR count). The summed E-state index contributed by atoms with van der Waals surface area (Å²) in [5.41, 5.74) is 1.41. The quantitative estimate of drug-likeness (QED) is 0.870. The number of para-hydroxylation sites is 1. The van der Waals surface area contributed by atoms with E-state index in [2.05, 4.69) is 43.0 Å². The van der Waals surface area contributed by atoms with Crippen molar-refractivity contribution in [2.24, 2.45) is 0 Å². The lowest BCUT2D eigenvalue weighted by atomic mass is 10.2. The minimum Gasteiger partial charge on any atom is -0.336 e. The molecule has 2 heterocycles. The second-order valence-electron chi connectivity index (χ2n) is 5.63. The van der Waals surface area contributed by atoms with Gasteiger partial charge in [0.05, 0.1) is 11.3 Å². The SMILES string of the molecule is CCN1CCN(C(=O)c2cnc(Nc3ccccc3Br)nc2)CC1. The number of anilines is 2. The Morgan fingerprint density at radius 2 is 1.83 bits per heavy atom. The molecule has 2 aromatic rings. The minimum absolute atomic E-state index is 0.00167. The van der Waals surface area contributed by atoms with Crippen LogP contribution in [-0.2, 0) is 0 Å². The summed E-state index contributed by atoms with van der Waals surface area (Å²) in [6, 6.07) is 7.74. The number of piperazine rings is 1. The zero-order valence-electron chi connectivity index (χ0n) is 13.6. The third-order valence-corrected chi connectivity index (χ3v) is 4.82. The number of amides is 1. The molecule has 1 aromatic carbocycles. The highest BCUT2D eigenvalue weighted by atomic mass is 79.9. The molecule has 6 nitrogen and oxygen atoms in total. The molecule has 0 atom stereocenters. The highest BCUT2D eigenvalue weighted by Crippen LogP contribution is 2.23. The molecule has 24 heavy (non-hydrogen) atoms. The van der Waals surface area contributed by atoms with Crippen LogP contribution in [0.4, 0.5) is 11.6 Å². The van der Waals surface area contributed by atoms with Crippen LogP contribution in [0.1, 0.15) is 17.3 Å². The number of hydrogen-bond donors (Lipinski definition) is 1. The Morgan fingerprint density at radius 3 is 2.46 bits per heavy atom. The van der Waals surface area contributed by atoms with Gasteiger partial charge in [-0.15, -0.1) is 0 Å². The van der Waals surface area contributed by atoms with Crippen molar-refractivity contribution >= 4 is 33.5 Å². The van der Waals surface area contributed by atoms with Crippen LogP contribution < -0.4 is 5.32 Å². The van der Waals surface area contributed by atoms with Crippen LogP contribution in [0.25, 0.3) is 0 Å². The smallest absolute Gasteiger partial charge is 0.257 e. The normalized spacial score (nSPS) is 15.3. The Labute approximate surface area is 150 Å². The molecule has 0 aliphatic carbocycles. The number of nitrogens with one attached hydrogen (secondary N) is 1. The summed E-state index contributed by atoms with van der Waals surface area (Å²) in [5, 5.41) is 3.13. The summed E-state index contributed by atoms with van der Waals surface area (Å²) >= 11 is 3.47. The molecule has 0 saturated carbocycles. The predicted molar refractivity (Wildman–Crippen MR) is 97.5 cm³/mol. The summed E-state index contributed by atoms with van der Waals surface area (Å²) < 4.78 is 0.933. The van der Waals surface area contributed by atoms with Gasteiger partial charge in [0, 0.05) is 43.0 Å². The topological polar surface area (TPSA) is 61.4 Å². The third kappa shape index (κ3) is 3.91. The molecule has 7 heteroatoms. The zero-order valence-corrected chi connectivity index (χ0v) is 15.2. The molecule has 0 spiro atoms. The number of hydrogen-bond acceptors (Lipinski definition) is 5. The average molecular weight is 390 g/mol. The molecule has 126 valence electrons. The van der Waals surface area contributed by atoms with Crippen LogP contribution in [-0.4, -0.2) is 58.4 Å². The fourth-order valence-corrected chi connectivity index (χ4v) is 3.02. The maximum absolute atomic E-state index is 12.5. The first-order valence-electron chi connectivity index (χ1n) is 8.02. The first-order chi connectivity index (χ1) is 11.7. The van der Waals surface area contributed by atoms with Gasteiger partial charge < -0.3 is 15.1 Å². The van der Waals surface area contributed by atoms with E-state index in [9.17, 15) is 4.79 Å². The number of carbonyl (C=O) groups is 1. The van der Waals surface area contributed by atoms with Gasteiger partial charge in [-0.1, -0.05) is 19.1 Å². The molecule has 1 fully saturated rings. The van der Waals surface area contributed by atoms with Gasteiger partial charge in [0.2, 0.25) is 5.95 Å². The molecule has 0 bridgehead atoms. The third-order valence-electron chi connectivity index (χ3n) is 4.13. The number of nitrogens with zero attached hydrogens (tertiary/aromatic N) is 4. The predicted octanol–water partition coefficient (Wildman–Crippen LogP) is 2.76. The zero-order chi connectivity index (χ0) is 16.9. The number of carbonyl (C=O) groups excluding carboxylic acids is 1. The van der Waals surface area contributed by atoms with Crippen molar-refractivity contribution in [2.75, 3.05) is 38.0 Å². The summed E-state index contributed by atoms with van der Waals surface area (Å²) in [4.78, 5) is 25.2. The lowest BCUT2D eigenvalue weighted by Gasteiger charge is -2.33. The molecule has 0 unspecified atom stereocenters. The van der Waals surface area contributed by atoms with Crippen molar-refractivity contribution in [3.05, 3.63) is 46.7 Å². The van der Waals surface area contributed by atoms with Gasteiger partial charge in [0.15, 0.2) is 0 Å². The van der Waals surface area contributed by atoms with E-state index in [1.54, 1.807) is 12.4 Å². The standard InChI is InChI=1S/C17H20BrN5O/c1-2-22-7-9-23(10-8-22)16(24)13-11-19-17(20-12-13)21-15-6-4-3-5-14(15)18/h3-6,11-12H,2,7-10H2,1H3,(H,19,20,21). The van der Waals surface area contributed by atoms with Crippen molar-refractivity contribution < 1.29 is 4.79 Å². The number of benzene rings is 1. The summed E-state index contributed by atoms with van der Waals surface area (Å²) in [6.45, 7) is 6.52. The Morgan fingerprint density at radius 1 is 1.17 bits per heavy atom. The molecule has 1 N–H and O–H groups in total. The van der Waals surface area contributed by atoms with E-state index in [0.717, 1.165) is 42.9 Å². The Balaban J connectivity index is 1.64. The van der Waals surface area contributed by atoms with Crippen LogP contribution in [0.5, 0.6) is 0 Å². The second-order valence-corrected chi connectivity index (χ2v) is 6.48. The van der Waals surface area contributed by atoms with Crippen LogP contribution in [0.2, 0.25) is 0 Å². The van der Waals surface area contributed by atoms with Crippen molar-refractivity contribution in [3.8, 4) is 0 Å².